The number of hydrogen-bond donors (Lipinski definition) is 3. The Morgan fingerprint density at radius 1 is 1.24 bits per heavy atom. The largest absolute Gasteiger partial charge is 0.504 e. The van der Waals surface area contributed by atoms with Gasteiger partial charge in [0.05, 0.1) is 11.0 Å². The molecule has 1 saturated heterocycles. The van der Waals surface area contributed by atoms with Crippen molar-refractivity contribution >= 4 is 0 Å². The maximum absolute atomic E-state index is 12.4. The lowest BCUT2D eigenvalue weighted by Crippen LogP contribution is -2.78. The summed E-state index contributed by atoms with van der Waals surface area (Å²) in [4.78, 5) is 2.60. The Morgan fingerprint density at radius 3 is 2.90 bits per heavy atom. The number of aliphatic hydroxyl groups is 1. The van der Waals surface area contributed by atoms with Gasteiger partial charge in [-0.25, -0.2) is 0 Å². The Hall–Kier alpha value is -1.30. The second-order valence-corrected chi connectivity index (χ2v) is 10.2. The van der Waals surface area contributed by atoms with Crippen LogP contribution in [0.5, 0.6) is 11.5 Å². The summed E-state index contributed by atoms with van der Waals surface area (Å²) in [7, 11) is 0. The summed E-state index contributed by atoms with van der Waals surface area (Å²) in [5.41, 5.74) is 1.26. The Labute approximate surface area is 173 Å². The lowest BCUT2D eigenvalue weighted by atomic mass is 9.48. The van der Waals surface area contributed by atoms with Crippen LogP contribution in [0.25, 0.3) is 0 Å². The maximum atomic E-state index is 12.4. The first kappa shape index (κ1) is 18.5. The molecule has 2 saturated carbocycles. The minimum atomic E-state index is -0.764. The van der Waals surface area contributed by atoms with Gasteiger partial charge >= 0.3 is 0 Å². The molecule has 2 heterocycles. The third-order valence-corrected chi connectivity index (χ3v) is 8.70. The van der Waals surface area contributed by atoms with E-state index in [-0.39, 0.29) is 29.4 Å². The van der Waals surface area contributed by atoms with Crippen molar-refractivity contribution < 1.29 is 14.9 Å². The van der Waals surface area contributed by atoms with Gasteiger partial charge in [-0.3, -0.25) is 4.90 Å². The molecule has 158 valence electrons. The first-order chi connectivity index (χ1) is 14.1. The zero-order valence-corrected chi connectivity index (χ0v) is 17.5. The van der Waals surface area contributed by atoms with Gasteiger partial charge in [-0.05, 0) is 75.6 Å². The molecule has 2 aliphatic heterocycles. The Bertz CT molecular complexity index is 825. The summed E-state index contributed by atoms with van der Waals surface area (Å²) >= 11 is 0. The quantitative estimate of drug-likeness (QED) is 0.643. The maximum Gasteiger partial charge on any atom is 0.165 e. The Kier molecular flexibility index (Phi) is 4.04. The van der Waals surface area contributed by atoms with E-state index in [1.807, 2.05) is 0 Å². The van der Waals surface area contributed by atoms with Crippen LogP contribution in [0.1, 0.15) is 63.0 Å². The van der Waals surface area contributed by atoms with Gasteiger partial charge in [-0.1, -0.05) is 19.4 Å². The van der Waals surface area contributed by atoms with Gasteiger partial charge in [0.15, 0.2) is 11.5 Å². The second kappa shape index (κ2) is 6.35. The predicted molar refractivity (Wildman–Crippen MR) is 111 cm³/mol. The summed E-state index contributed by atoms with van der Waals surface area (Å²) in [6.07, 6.45) is 8.47. The van der Waals surface area contributed by atoms with Crippen molar-refractivity contribution in [3.8, 4) is 11.5 Å². The number of piperidine rings is 1. The van der Waals surface area contributed by atoms with Crippen molar-refractivity contribution in [2.45, 2.75) is 87.5 Å². The molecule has 29 heavy (non-hydrogen) atoms. The van der Waals surface area contributed by atoms with Crippen LogP contribution in [0, 0.1) is 5.92 Å². The van der Waals surface area contributed by atoms with Crippen molar-refractivity contribution in [1.29, 1.82) is 0 Å². The van der Waals surface area contributed by atoms with Crippen LogP contribution >= 0.6 is 0 Å². The van der Waals surface area contributed by atoms with Gasteiger partial charge in [0.2, 0.25) is 0 Å². The van der Waals surface area contributed by atoms with Crippen LogP contribution in [0.15, 0.2) is 12.1 Å². The van der Waals surface area contributed by atoms with Crippen LogP contribution < -0.4 is 10.1 Å². The zero-order valence-electron chi connectivity index (χ0n) is 17.5. The molecule has 5 heteroatoms. The van der Waals surface area contributed by atoms with Gasteiger partial charge in [-0.2, -0.15) is 0 Å². The van der Waals surface area contributed by atoms with E-state index < -0.39 is 5.60 Å². The second-order valence-electron chi connectivity index (χ2n) is 10.2. The van der Waals surface area contributed by atoms with Crippen LogP contribution in [-0.4, -0.2) is 58.5 Å². The van der Waals surface area contributed by atoms with Gasteiger partial charge < -0.3 is 20.3 Å². The normalized spacial score (nSPS) is 39.9. The molecule has 0 aromatic heterocycles. The molecule has 5 nitrogen and oxygen atoms in total. The monoisotopic (exact) mass is 398 g/mol. The molecule has 0 radical (unpaired) electrons. The van der Waals surface area contributed by atoms with E-state index in [2.05, 4.69) is 23.2 Å². The molecule has 0 amide bonds. The number of phenolic OH excluding ortho intramolecular Hbond substituents is 1. The SMILES string of the molecule is CCCCNC1CCC2(O)[C@H]3Cc4ccc(O)c5c4[C@@]2(CCN3CC2CC2)C1O5. The minimum absolute atomic E-state index is 0.0916. The van der Waals surface area contributed by atoms with Gasteiger partial charge in [0.25, 0.3) is 0 Å². The third kappa shape index (κ3) is 2.38. The van der Waals surface area contributed by atoms with Crippen LogP contribution in [0.2, 0.25) is 0 Å². The lowest BCUT2D eigenvalue weighted by Gasteiger charge is -2.64. The van der Waals surface area contributed by atoms with Crippen molar-refractivity contribution in [2.75, 3.05) is 19.6 Å². The van der Waals surface area contributed by atoms with E-state index in [1.54, 1.807) is 6.07 Å². The summed E-state index contributed by atoms with van der Waals surface area (Å²) in [6, 6.07) is 4.29. The number of nitrogens with zero attached hydrogens (tertiary/aromatic N) is 1. The number of nitrogens with one attached hydrogen (secondary N) is 1. The first-order valence-electron chi connectivity index (χ1n) is 11.8. The highest BCUT2D eigenvalue weighted by molar-refractivity contribution is 5.62. The fourth-order valence-corrected chi connectivity index (χ4v) is 7.15. The van der Waals surface area contributed by atoms with Gasteiger partial charge in [-0.15, -0.1) is 0 Å². The molecule has 1 aromatic carbocycles. The molecular weight excluding hydrogens is 364 g/mol. The number of rotatable bonds is 6. The summed E-state index contributed by atoms with van der Waals surface area (Å²) in [6.45, 7) is 5.36. The molecule has 5 aliphatic rings. The van der Waals surface area contributed by atoms with Crippen LogP contribution in [0.3, 0.4) is 0 Å². The van der Waals surface area contributed by atoms with Crippen molar-refractivity contribution in [1.82, 2.24) is 10.2 Å². The average Bonchev–Trinajstić information content (AvgIpc) is 3.45. The van der Waals surface area contributed by atoms with Gasteiger partial charge in [0.1, 0.15) is 6.10 Å². The molecule has 2 bridgehead atoms. The van der Waals surface area contributed by atoms with Crippen molar-refractivity contribution in [3.05, 3.63) is 23.3 Å². The van der Waals surface area contributed by atoms with E-state index in [0.29, 0.717) is 5.75 Å². The molecule has 6 rings (SSSR count). The molecule has 3 N–H and O–H groups in total. The average molecular weight is 399 g/mol. The number of hydrogen-bond acceptors (Lipinski definition) is 5. The Balaban J connectivity index is 1.45. The number of aromatic hydroxyl groups is 1. The highest BCUT2D eigenvalue weighted by Gasteiger charge is 2.72. The van der Waals surface area contributed by atoms with Crippen LogP contribution in [0.4, 0.5) is 0 Å². The fraction of sp³-hybridized carbons (Fsp3) is 0.750. The van der Waals surface area contributed by atoms with E-state index in [9.17, 15) is 10.2 Å². The predicted octanol–water partition coefficient (Wildman–Crippen LogP) is 2.71. The first-order valence-corrected chi connectivity index (χ1v) is 11.8. The minimum Gasteiger partial charge on any atom is -0.504 e. The molecule has 3 unspecified atom stereocenters. The van der Waals surface area contributed by atoms with E-state index in [4.69, 9.17) is 4.74 Å². The lowest BCUT2D eigenvalue weighted by molar-refractivity contribution is -0.191. The highest BCUT2D eigenvalue weighted by Crippen LogP contribution is 2.65. The standard InChI is InChI=1S/C24H34N2O3/c1-2-3-11-25-17-8-9-24(28)19-13-16-6-7-18(27)21-20(16)23(24,22(17)29-21)10-12-26(19)14-15-4-5-15/h6-7,15,17,19,22,25,27-28H,2-5,8-14H2,1H3/t17?,19-,22?,23+,24?/m1/s1. The molecule has 1 aromatic rings. The Morgan fingerprint density at radius 2 is 2.10 bits per heavy atom. The van der Waals surface area contributed by atoms with Gasteiger partial charge in [0, 0.05) is 24.2 Å². The molecular formula is C24H34N2O3. The molecule has 5 atom stereocenters. The number of ether oxygens (including phenoxy) is 1. The molecule has 3 aliphatic carbocycles. The highest BCUT2D eigenvalue weighted by atomic mass is 16.5. The van der Waals surface area contributed by atoms with E-state index in [0.717, 1.165) is 63.2 Å². The smallest absolute Gasteiger partial charge is 0.165 e. The topological polar surface area (TPSA) is 65.0 Å². The fourth-order valence-electron chi connectivity index (χ4n) is 7.15. The number of phenols is 1. The van der Waals surface area contributed by atoms with Crippen LogP contribution in [-0.2, 0) is 11.8 Å². The van der Waals surface area contributed by atoms with E-state index in [1.165, 1.54) is 24.8 Å². The van der Waals surface area contributed by atoms with Crippen molar-refractivity contribution in [2.24, 2.45) is 5.92 Å². The number of unbranched alkanes of at least 4 members (excludes halogenated alkanes) is 1. The summed E-state index contributed by atoms with van der Waals surface area (Å²) in [5.74, 6) is 1.72. The number of benzene rings is 1. The van der Waals surface area contributed by atoms with Crippen molar-refractivity contribution in [3.63, 3.8) is 0 Å². The van der Waals surface area contributed by atoms with E-state index >= 15 is 0 Å². The molecule has 1 spiro atoms. The number of likely N-dealkylation sites (tertiary alicyclic amines) is 1. The zero-order chi connectivity index (χ0) is 19.8. The summed E-state index contributed by atoms with van der Waals surface area (Å²) < 4.78 is 6.56. The third-order valence-electron chi connectivity index (χ3n) is 8.70. The summed E-state index contributed by atoms with van der Waals surface area (Å²) in [5, 5.41) is 26.7. The molecule has 3 fully saturated rings.